The largest absolute Gasteiger partial charge is 0.505 e. The number of benzene rings is 1. The number of halogens is 1. The molecule has 2 N–H and O–H groups in total. The van der Waals surface area contributed by atoms with Crippen LogP contribution in [-0.2, 0) is 6.42 Å². The zero-order chi connectivity index (χ0) is 14.7. The van der Waals surface area contributed by atoms with Gasteiger partial charge in [-0.05, 0) is 38.5 Å². The molecule has 106 valence electrons. The summed E-state index contributed by atoms with van der Waals surface area (Å²) in [5.41, 5.74) is 2.49. The first-order valence-electron chi connectivity index (χ1n) is 6.67. The average molecular weight is 275 g/mol. The van der Waals surface area contributed by atoms with Crippen molar-refractivity contribution in [3.8, 4) is 17.1 Å². The molecule has 1 aromatic carbocycles. The van der Waals surface area contributed by atoms with Crippen LogP contribution in [0.3, 0.4) is 0 Å². The highest BCUT2D eigenvalue weighted by Crippen LogP contribution is 2.25. The van der Waals surface area contributed by atoms with Gasteiger partial charge in [0, 0.05) is 23.4 Å². The number of nitrogens with zero attached hydrogens (tertiary/aromatic N) is 2. The molecular formula is C15H18FN3O. The van der Waals surface area contributed by atoms with E-state index in [1.165, 1.54) is 12.1 Å². The number of anilines is 1. The molecule has 0 aliphatic carbocycles. The number of phenolic OH excluding ortho intramolecular Hbond substituents is 1. The first-order valence-corrected chi connectivity index (χ1v) is 6.67. The van der Waals surface area contributed by atoms with E-state index in [2.05, 4.69) is 15.3 Å². The van der Waals surface area contributed by atoms with Crippen molar-refractivity contribution in [2.24, 2.45) is 0 Å². The van der Waals surface area contributed by atoms with Crippen LogP contribution in [0.25, 0.3) is 11.4 Å². The standard InChI is InChI=1S/C15H18FN3O/c1-4-12-9(3)14(17-5-2)19-15(18-12)10-6-7-13(20)11(16)8-10/h6-8,20H,4-5H2,1-3H3,(H,17,18,19). The summed E-state index contributed by atoms with van der Waals surface area (Å²) in [6.45, 7) is 6.74. The van der Waals surface area contributed by atoms with Gasteiger partial charge >= 0.3 is 0 Å². The Morgan fingerprint density at radius 2 is 2.00 bits per heavy atom. The van der Waals surface area contributed by atoms with Crippen molar-refractivity contribution in [3.63, 3.8) is 0 Å². The van der Waals surface area contributed by atoms with Gasteiger partial charge in [0.15, 0.2) is 17.4 Å². The molecule has 0 saturated heterocycles. The van der Waals surface area contributed by atoms with Gasteiger partial charge in [-0.25, -0.2) is 14.4 Å². The lowest BCUT2D eigenvalue weighted by molar-refractivity contribution is 0.432. The highest BCUT2D eigenvalue weighted by Gasteiger charge is 2.12. The van der Waals surface area contributed by atoms with Gasteiger partial charge in [-0.2, -0.15) is 0 Å². The van der Waals surface area contributed by atoms with Gasteiger partial charge in [0.1, 0.15) is 5.82 Å². The molecule has 0 bridgehead atoms. The lowest BCUT2D eigenvalue weighted by Gasteiger charge is -2.12. The van der Waals surface area contributed by atoms with Crippen LogP contribution >= 0.6 is 0 Å². The highest BCUT2D eigenvalue weighted by molar-refractivity contribution is 5.60. The minimum absolute atomic E-state index is 0.372. The summed E-state index contributed by atoms with van der Waals surface area (Å²) in [4.78, 5) is 8.92. The van der Waals surface area contributed by atoms with Crippen molar-refractivity contribution in [2.75, 3.05) is 11.9 Å². The van der Waals surface area contributed by atoms with E-state index in [1.54, 1.807) is 6.07 Å². The predicted molar refractivity (Wildman–Crippen MR) is 77.4 cm³/mol. The molecule has 20 heavy (non-hydrogen) atoms. The van der Waals surface area contributed by atoms with E-state index in [-0.39, 0.29) is 5.75 Å². The molecule has 0 radical (unpaired) electrons. The first-order chi connectivity index (χ1) is 9.56. The Bertz CT molecular complexity index is 629. The van der Waals surface area contributed by atoms with Crippen molar-refractivity contribution in [3.05, 3.63) is 35.3 Å². The van der Waals surface area contributed by atoms with Crippen LogP contribution in [-0.4, -0.2) is 21.6 Å². The van der Waals surface area contributed by atoms with Crippen LogP contribution in [0.2, 0.25) is 0 Å². The number of phenols is 1. The SMILES string of the molecule is CCNc1nc(-c2ccc(O)c(F)c2)nc(CC)c1C. The monoisotopic (exact) mass is 275 g/mol. The zero-order valence-corrected chi connectivity index (χ0v) is 11.9. The third-order valence-corrected chi connectivity index (χ3v) is 3.13. The van der Waals surface area contributed by atoms with Crippen molar-refractivity contribution < 1.29 is 9.50 Å². The Hall–Kier alpha value is -2.17. The molecule has 2 rings (SSSR count). The normalized spacial score (nSPS) is 10.6. The van der Waals surface area contributed by atoms with Crippen LogP contribution in [0.1, 0.15) is 25.1 Å². The number of hydrogen-bond donors (Lipinski definition) is 2. The van der Waals surface area contributed by atoms with Gasteiger partial charge in [0.25, 0.3) is 0 Å². The fourth-order valence-corrected chi connectivity index (χ4v) is 2.02. The minimum atomic E-state index is -0.672. The van der Waals surface area contributed by atoms with Crippen LogP contribution in [0.4, 0.5) is 10.2 Å². The van der Waals surface area contributed by atoms with Crippen molar-refractivity contribution in [1.82, 2.24) is 9.97 Å². The molecule has 0 unspecified atom stereocenters. The van der Waals surface area contributed by atoms with Gasteiger partial charge in [-0.1, -0.05) is 6.92 Å². The molecule has 0 spiro atoms. The number of aromatic nitrogens is 2. The zero-order valence-electron chi connectivity index (χ0n) is 11.9. The van der Waals surface area contributed by atoms with E-state index >= 15 is 0 Å². The topological polar surface area (TPSA) is 58.0 Å². The van der Waals surface area contributed by atoms with Gasteiger partial charge in [-0.3, -0.25) is 0 Å². The maximum absolute atomic E-state index is 13.5. The summed E-state index contributed by atoms with van der Waals surface area (Å²) in [5, 5.41) is 12.4. The number of hydrogen-bond acceptors (Lipinski definition) is 4. The Labute approximate surface area is 117 Å². The molecule has 2 aromatic rings. The number of aryl methyl sites for hydroxylation is 1. The number of nitrogens with one attached hydrogen (secondary N) is 1. The van der Waals surface area contributed by atoms with Crippen molar-refractivity contribution >= 4 is 5.82 Å². The fraction of sp³-hybridized carbons (Fsp3) is 0.333. The van der Waals surface area contributed by atoms with E-state index in [4.69, 9.17) is 0 Å². The van der Waals surface area contributed by atoms with E-state index < -0.39 is 5.82 Å². The molecule has 1 aromatic heterocycles. The molecule has 1 heterocycles. The summed E-state index contributed by atoms with van der Waals surface area (Å²) in [6.07, 6.45) is 0.778. The highest BCUT2D eigenvalue weighted by atomic mass is 19.1. The number of rotatable bonds is 4. The molecular weight excluding hydrogens is 257 g/mol. The molecule has 5 heteroatoms. The average Bonchev–Trinajstić information content (AvgIpc) is 2.44. The molecule has 0 aliphatic rings. The summed E-state index contributed by atoms with van der Waals surface area (Å²) in [5.74, 6) is 0.184. The lowest BCUT2D eigenvalue weighted by Crippen LogP contribution is -2.07. The Morgan fingerprint density at radius 3 is 2.60 bits per heavy atom. The molecule has 4 nitrogen and oxygen atoms in total. The van der Waals surface area contributed by atoms with E-state index in [1.807, 2.05) is 20.8 Å². The van der Waals surface area contributed by atoms with Gasteiger partial charge in [-0.15, -0.1) is 0 Å². The number of aromatic hydroxyl groups is 1. The van der Waals surface area contributed by atoms with Crippen LogP contribution in [0.5, 0.6) is 5.75 Å². The molecule has 0 fully saturated rings. The Morgan fingerprint density at radius 1 is 1.25 bits per heavy atom. The maximum atomic E-state index is 13.5. The lowest BCUT2D eigenvalue weighted by atomic mass is 10.1. The summed E-state index contributed by atoms with van der Waals surface area (Å²) in [7, 11) is 0. The smallest absolute Gasteiger partial charge is 0.165 e. The Balaban J connectivity index is 2.55. The molecule has 0 saturated carbocycles. The predicted octanol–water partition coefficient (Wildman–Crippen LogP) is 3.29. The third kappa shape index (κ3) is 2.71. The second-order valence-corrected chi connectivity index (χ2v) is 4.52. The van der Waals surface area contributed by atoms with E-state index in [0.29, 0.717) is 11.4 Å². The summed E-state index contributed by atoms with van der Waals surface area (Å²) in [6, 6.07) is 4.17. The quantitative estimate of drug-likeness (QED) is 0.899. The first kappa shape index (κ1) is 14.2. The second kappa shape index (κ2) is 5.86. The fourth-order valence-electron chi connectivity index (χ4n) is 2.02. The molecule has 0 amide bonds. The summed E-state index contributed by atoms with van der Waals surface area (Å²) < 4.78 is 13.5. The van der Waals surface area contributed by atoms with E-state index in [0.717, 1.165) is 30.0 Å². The van der Waals surface area contributed by atoms with Crippen LogP contribution in [0, 0.1) is 12.7 Å². The third-order valence-electron chi connectivity index (χ3n) is 3.13. The minimum Gasteiger partial charge on any atom is -0.505 e. The molecule has 0 atom stereocenters. The van der Waals surface area contributed by atoms with Crippen LogP contribution < -0.4 is 5.32 Å². The van der Waals surface area contributed by atoms with Gasteiger partial charge in [0.2, 0.25) is 0 Å². The van der Waals surface area contributed by atoms with E-state index in [9.17, 15) is 9.50 Å². The van der Waals surface area contributed by atoms with Crippen LogP contribution in [0.15, 0.2) is 18.2 Å². The maximum Gasteiger partial charge on any atom is 0.165 e. The van der Waals surface area contributed by atoms with Crippen molar-refractivity contribution in [2.45, 2.75) is 27.2 Å². The second-order valence-electron chi connectivity index (χ2n) is 4.52. The van der Waals surface area contributed by atoms with Crippen molar-refractivity contribution in [1.29, 1.82) is 0 Å². The molecule has 0 aliphatic heterocycles. The van der Waals surface area contributed by atoms with Gasteiger partial charge < -0.3 is 10.4 Å². The van der Waals surface area contributed by atoms with Gasteiger partial charge in [0.05, 0.1) is 0 Å². The summed E-state index contributed by atoms with van der Waals surface area (Å²) >= 11 is 0. The Kier molecular flexibility index (Phi) is 4.17.